The number of nitrogens with one attached hydrogen (secondary N) is 2. The molecule has 7 nitrogen and oxygen atoms in total. The summed E-state index contributed by atoms with van der Waals surface area (Å²) < 4.78 is 4.70. The van der Waals surface area contributed by atoms with E-state index >= 15 is 0 Å². The van der Waals surface area contributed by atoms with Crippen LogP contribution in [0.2, 0.25) is 0 Å². The molecule has 0 aliphatic carbocycles. The minimum atomic E-state index is -0.541. The van der Waals surface area contributed by atoms with Crippen LogP contribution in [0.3, 0.4) is 0 Å². The molecule has 8 heteroatoms. The summed E-state index contributed by atoms with van der Waals surface area (Å²) in [4.78, 5) is 13.4. The van der Waals surface area contributed by atoms with E-state index in [2.05, 4.69) is 233 Å². The van der Waals surface area contributed by atoms with Gasteiger partial charge in [-0.2, -0.15) is 0 Å². The van der Waals surface area contributed by atoms with Crippen molar-refractivity contribution in [1.29, 1.82) is 0 Å². The number of fused-ring (bicyclic) bond motifs is 7. The Morgan fingerprint density at radius 2 is 1.16 bits per heavy atom. The summed E-state index contributed by atoms with van der Waals surface area (Å²) in [5.41, 5.74) is 21.8. The highest BCUT2D eigenvalue weighted by Gasteiger charge is 2.31. The van der Waals surface area contributed by atoms with Crippen LogP contribution >= 0.6 is 11.3 Å². The SMILES string of the molecule is CCC1Nc2ccccc2N1c1ccccc1-c1ccccc1-c1cc(N)cc(-c2cccc(C3N=C(c4cccc5c4sc4ccccc45)NC(n4c5ccccc5c5ccccc54)=N3)c2)c1. The zero-order chi connectivity index (χ0) is 45.3. The number of nitrogens with zero attached hydrogens (tertiary/aromatic N) is 4. The molecule has 2 unspecified atom stereocenters. The first-order chi connectivity index (χ1) is 33.6. The number of para-hydroxylation sites is 5. The molecule has 0 fully saturated rings. The van der Waals surface area contributed by atoms with E-state index in [1.807, 2.05) is 0 Å². The highest BCUT2D eigenvalue weighted by Crippen LogP contribution is 2.47. The van der Waals surface area contributed by atoms with Gasteiger partial charge in [0.05, 0.1) is 28.1 Å². The Bertz CT molecular complexity index is 3810. The average molecular weight is 896 g/mol. The van der Waals surface area contributed by atoms with Gasteiger partial charge in [0.1, 0.15) is 12.0 Å². The third kappa shape index (κ3) is 6.55. The second kappa shape index (κ2) is 16.2. The molecule has 0 saturated heterocycles. The van der Waals surface area contributed by atoms with Crippen LogP contribution in [0.15, 0.2) is 216 Å². The molecule has 0 amide bonds. The Morgan fingerprint density at radius 3 is 1.97 bits per heavy atom. The van der Waals surface area contributed by atoms with Crippen molar-refractivity contribution in [3.05, 3.63) is 217 Å². The molecule has 9 aromatic carbocycles. The molecular formula is C60H45N7S. The lowest BCUT2D eigenvalue weighted by Gasteiger charge is -2.29. The minimum Gasteiger partial charge on any atom is -0.399 e. The number of aliphatic imine (C=N–C) groups is 2. The lowest BCUT2D eigenvalue weighted by Crippen LogP contribution is -2.39. The Hall–Kier alpha value is -8.46. The van der Waals surface area contributed by atoms with Gasteiger partial charge < -0.3 is 21.3 Å². The number of hydrogen-bond donors (Lipinski definition) is 3. The molecule has 11 aromatic rings. The van der Waals surface area contributed by atoms with Crippen molar-refractivity contribution < 1.29 is 0 Å². The molecule has 2 aromatic heterocycles. The van der Waals surface area contributed by atoms with Crippen molar-refractivity contribution in [2.45, 2.75) is 25.7 Å². The van der Waals surface area contributed by atoms with Gasteiger partial charge in [-0.15, -0.1) is 11.3 Å². The molecule has 13 rings (SSSR count). The van der Waals surface area contributed by atoms with E-state index in [1.165, 1.54) is 36.6 Å². The van der Waals surface area contributed by atoms with Crippen LogP contribution < -0.4 is 21.3 Å². The van der Waals surface area contributed by atoms with Crippen LogP contribution in [0.1, 0.15) is 30.6 Å². The number of rotatable bonds is 7. The zero-order valence-corrected chi connectivity index (χ0v) is 38.1. The van der Waals surface area contributed by atoms with E-state index in [0.29, 0.717) is 5.69 Å². The van der Waals surface area contributed by atoms with Crippen LogP contribution in [0.25, 0.3) is 75.4 Å². The molecular weight excluding hydrogens is 851 g/mol. The molecule has 0 radical (unpaired) electrons. The normalized spacial score (nSPS) is 15.6. The van der Waals surface area contributed by atoms with Crippen molar-refractivity contribution in [3.63, 3.8) is 0 Å². The lowest BCUT2D eigenvalue weighted by atomic mass is 9.91. The van der Waals surface area contributed by atoms with Gasteiger partial charge in [0, 0.05) is 47.8 Å². The van der Waals surface area contributed by atoms with Gasteiger partial charge in [-0.3, -0.25) is 4.57 Å². The van der Waals surface area contributed by atoms with Crippen LogP contribution in [0.5, 0.6) is 0 Å². The van der Waals surface area contributed by atoms with Gasteiger partial charge in [0.15, 0.2) is 6.17 Å². The summed E-state index contributed by atoms with van der Waals surface area (Å²) in [7, 11) is 0. The number of benzene rings is 9. The van der Waals surface area contributed by atoms with Gasteiger partial charge in [0.2, 0.25) is 5.96 Å². The van der Waals surface area contributed by atoms with Crippen molar-refractivity contribution >= 4 is 87.9 Å². The van der Waals surface area contributed by atoms with Crippen molar-refractivity contribution in [2.24, 2.45) is 9.98 Å². The minimum absolute atomic E-state index is 0.138. The fourth-order valence-electron chi connectivity index (χ4n) is 10.5. The zero-order valence-electron chi connectivity index (χ0n) is 37.3. The number of anilines is 4. The van der Waals surface area contributed by atoms with Crippen molar-refractivity contribution in [2.75, 3.05) is 16.0 Å². The Labute approximate surface area is 398 Å². The summed E-state index contributed by atoms with van der Waals surface area (Å²) in [6.07, 6.45) is 0.543. The van der Waals surface area contributed by atoms with E-state index in [1.54, 1.807) is 11.3 Å². The van der Waals surface area contributed by atoms with E-state index in [9.17, 15) is 0 Å². The number of amidine groups is 1. The van der Waals surface area contributed by atoms with Gasteiger partial charge in [-0.1, -0.05) is 146 Å². The monoisotopic (exact) mass is 895 g/mol. The molecule has 2 aliphatic rings. The summed E-state index contributed by atoms with van der Waals surface area (Å²) in [6.45, 7) is 2.23. The molecule has 68 heavy (non-hydrogen) atoms. The Kier molecular flexibility index (Phi) is 9.47. The summed E-state index contributed by atoms with van der Waals surface area (Å²) in [5.74, 6) is 1.51. The van der Waals surface area contributed by atoms with E-state index in [4.69, 9.17) is 15.7 Å². The van der Waals surface area contributed by atoms with Gasteiger partial charge >= 0.3 is 0 Å². The summed E-state index contributed by atoms with van der Waals surface area (Å²) in [6, 6.07) is 73.4. The first-order valence-corrected chi connectivity index (χ1v) is 24.1. The maximum absolute atomic E-state index is 6.87. The van der Waals surface area contributed by atoms with Crippen molar-refractivity contribution in [3.8, 4) is 33.4 Å². The van der Waals surface area contributed by atoms with Gasteiger partial charge in [0.25, 0.3) is 0 Å². The molecule has 326 valence electrons. The highest BCUT2D eigenvalue weighted by atomic mass is 32.1. The highest BCUT2D eigenvalue weighted by molar-refractivity contribution is 7.26. The van der Waals surface area contributed by atoms with Crippen LogP contribution in [0.4, 0.5) is 22.7 Å². The summed E-state index contributed by atoms with van der Waals surface area (Å²) in [5, 5.41) is 12.3. The topological polar surface area (TPSA) is 83.0 Å². The van der Waals surface area contributed by atoms with E-state index in [0.717, 1.165) is 85.1 Å². The lowest BCUT2D eigenvalue weighted by molar-refractivity contribution is 0.729. The van der Waals surface area contributed by atoms with Gasteiger partial charge in [-0.25, -0.2) is 9.98 Å². The molecule has 4 N–H and O–H groups in total. The Balaban J connectivity index is 0.933. The molecule has 0 spiro atoms. The second-order valence-electron chi connectivity index (χ2n) is 17.6. The molecule has 0 bridgehead atoms. The first-order valence-electron chi connectivity index (χ1n) is 23.2. The molecule has 0 saturated carbocycles. The fraction of sp³-hybridized carbons (Fsp3) is 0.0667. The predicted molar refractivity (Wildman–Crippen MR) is 287 cm³/mol. The van der Waals surface area contributed by atoms with Crippen LogP contribution in [-0.4, -0.2) is 22.5 Å². The maximum atomic E-state index is 6.87. The predicted octanol–water partition coefficient (Wildman–Crippen LogP) is 15.0. The third-order valence-electron chi connectivity index (χ3n) is 13.5. The van der Waals surface area contributed by atoms with E-state index in [-0.39, 0.29) is 6.17 Å². The molecule has 2 aliphatic heterocycles. The Morgan fingerprint density at radius 1 is 0.529 bits per heavy atom. The van der Waals surface area contributed by atoms with Crippen molar-refractivity contribution in [1.82, 2.24) is 9.88 Å². The third-order valence-corrected chi connectivity index (χ3v) is 14.7. The molecule has 4 heterocycles. The standard InChI is InChI=1S/C60H45N7S/c1-2-56-62-50-27-9-13-31-54(50)66(56)51-28-10-5-21-44(51)43-20-4-3-19-42(43)40-34-39(35-41(61)36-40)37-17-15-18-38(33-37)58-63-59(49-26-16-25-48-47-24-8-14-32-55(47)68-57(48)49)65-60(64-58)67-52-29-11-6-22-45(52)46-23-7-12-30-53(46)67/h3-36,56,58,62H,2,61H2,1H3,(H,63,64,65). The number of nitrogen functional groups attached to an aromatic ring is 1. The largest absolute Gasteiger partial charge is 0.399 e. The fourth-order valence-corrected chi connectivity index (χ4v) is 11.7. The number of thiophene rings is 1. The van der Waals surface area contributed by atoms with Crippen LogP contribution in [0, 0.1) is 0 Å². The molecule has 2 atom stereocenters. The smallest absolute Gasteiger partial charge is 0.211 e. The number of nitrogens with two attached hydrogens (primary N) is 1. The number of hydrogen-bond acceptors (Lipinski definition) is 7. The van der Waals surface area contributed by atoms with Gasteiger partial charge in [-0.05, 0) is 107 Å². The second-order valence-corrected chi connectivity index (χ2v) is 18.6. The first kappa shape index (κ1) is 39.9. The summed E-state index contributed by atoms with van der Waals surface area (Å²) >= 11 is 1.80. The number of aromatic nitrogens is 1. The van der Waals surface area contributed by atoms with Crippen LogP contribution in [-0.2, 0) is 0 Å². The average Bonchev–Trinajstić information content (AvgIpc) is 4.08. The van der Waals surface area contributed by atoms with E-state index < -0.39 is 6.17 Å². The quantitative estimate of drug-likeness (QED) is 0.139. The maximum Gasteiger partial charge on any atom is 0.211 e.